The molecule has 0 saturated heterocycles. The van der Waals surface area contributed by atoms with Crippen LogP contribution in [0.25, 0.3) is 0 Å². The molecule has 21 heavy (non-hydrogen) atoms. The topological polar surface area (TPSA) is 38.3 Å². The highest BCUT2D eigenvalue weighted by Gasteiger charge is 2.63. The zero-order valence-electron chi connectivity index (χ0n) is 11.3. The number of alkyl halides is 5. The fourth-order valence-electron chi connectivity index (χ4n) is 1.28. The van der Waals surface area contributed by atoms with E-state index >= 15 is 0 Å². The molecule has 0 radical (unpaired) electrons. The number of hydrogen-bond donors (Lipinski definition) is 1. The van der Waals surface area contributed by atoms with Crippen molar-refractivity contribution in [2.75, 3.05) is 11.9 Å². The summed E-state index contributed by atoms with van der Waals surface area (Å²) in [4.78, 5) is 11.1. The van der Waals surface area contributed by atoms with Crippen molar-refractivity contribution in [3.05, 3.63) is 24.3 Å². The molecule has 0 aliphatic heterocycles. The largest absolute Gasteiger partial charge is 0.491 e. The van der Waals surface area contributed by atoms with E-state index in [0.717, 1.165) is 0 Å². The van der Waals surface area contributed by atoms with Crippen LogP contribution in [-0.4, -0.2) is 24.6 Å². The van der Waals surface area contributed by atoms with Crippen LogP contribution >= 0.6 is 0 Å². The lowest BCUT2D eigenvalue weighted by Crippen LogP contribution is -2.47. The number of ether oxygens (including phenoxy) is 1. The molecule has 3 nitrogen and oxygen atoms in total. The molecule has 118 valence electrons. The lowest BCUT2D eigenvalue weighted by molar-refractivity contribution is -0.267. The summed E-state index contributed by atoms with van der Waals surface area (Å²) in [5.74, 6) is -7.78. The van der Waals surface area contributed by atoms with Crippen molar-refractivity contribution in [3.63, 3.8) is 0 Å². The minimum Gasteiger partial charge on any atom is -0.491 e. The normalized spacial score (nSPS) is 12.4. The molecule has 0 aromatic heterocycles. The van der Waals surface area contributed by atoms with Gasteiger partial charge in [0.15, 0.2) is 0 Å². The van der Waals surface area contributed by atoms with Gasteiger partial charge in [-0.3, -0.25) is 4.79 Å². The van der Waals surface area contributed by atoms with Gasteiger partial charge in [-0.2, -0.15) is 22.0 Å². The Balaban J connectivity index is 2.91. The monoisotopic (exact) mass is 311 g/mol. The number of carbonyl (C=O) groups is 1. The molecular weight excluding hydrogens is 297 g/mol. The molecule has 1 aromatic carbocycles. The quantitative estimate of drug-likeness (QED) is 0.839. The summed E-state index contributed by atoms with van der Waals surface area (Å²) in [6.45, 7) is 3.89. The van der Waals surface area contributed by atoms with Gasteiger partial charge in [0.25, 0.3) is 0 Å². The van der Waals surface area contributed by atoms with Gasteiger partial charge in [0, 0.05) is 0 Å². The van der Waals surface area contributed by atoms with Crippen LogP contribution in [0.3, 0.4) is 0 Å². The second-order valence-electron chi connectivity index (χ2n) is 4.73. The maximum absolute atomic E-state index is 12.9. The molecule has 0 fully saturated rings. The molecule has 0 aliphatic rings. The van der Waals surface area contributed by atoms with Crippen molar-refractivity contribution in [2.45, 2.75) is 25.9 Å². The molecule has 0 heterocycles. The molecule has 1 aromatic rings. The Morgan fingerprint density at radius 3 is 2.29 bits per heavy atom. The number of anilines is 1. The van der Waals surface area contributed by atoms with E-state index in [2.05, 4.69) is 0 Å². The van der Waals surface area contributed by atoms with E-state index in [4.69, 9.17) is 4.74 Å². The highest BCUT2D eigenvalue weighted by atomic mass is 19.4. The van der Waals surface area contributed by atoms with Gasteiger partial charge in [-0.05, 0) is 18.1 Å². The van der Waals surface area contributed by atoms with Gasteiger partial charge in [-0.15, -0.1) is 0 Å². The van der Waals surface area contributed by atoms with Gasteiger partial charge < -0.3 is 10.1 Å². The van der Waals surface area contributed by atoms with E-state index in [1.807, 2.05) is 13.8 Å². The van der Waals surface area contributed by atoms with E-state index in [1.54, 1.807) is 5.32 Å². The first kappa shape index (κ1) is 17.2. The van der Waals surface area contributed by atoms with E-state index < -0.39 is 18.0 Å². The van der Waals surface area contributed by atoms with Gasteiger partial charge in [-0.25, -0.2) is 0 Å². The molecule has 1 N–H and O–H groups in total. The molecule has 8 heteroatoms. The first-order valence-corrected chi connectivity index (χ1v) is 6.03. The van der Waals surface area contributed by atoms with Crippen LogP contribution in [0.5, 0.6) is 5.75 Å². The summed E-state index contributed by atoms with van der Waals surface area (Å²) in [7, 11) is 0. The van der Waals surface area contributed by atoms with Crippen molar-refractivity contribution in [3.8, 4) is 5.75 Å². The predicted octanol–water partition coefficient (Wildman–Crippen LogP) is 3.86. The summed E-state index contributed by atoms with van der Waals surface area (Å²) in [6.07, 6.45) is -5.95. The Kier molecular flexibility index (Phi) is 5.14. The molecule has 0 bridgehead atoms. The van der Waals surface area contributed by atoms with Gasteiger partial charge >= 0.3 is 18.0 Å². The summed E-state index contributed by atoms with van der Waals surface area (Å²) >= 11 is 0. The van der Waals surface area contributed by atoms with E-state index in [9.17, 15) is 26.7 Å². The van der Waals surface area contributed by atoms with Gasteiger partial charge in [0.1, 0.15) is 5.75 Å². The van der Waals surface area contributed by atoms with Crippen molar-refractivity contribution < 1.29 is 31.5 Å². The van der Waals surface area contributed by atoms with Crippen molar-refractivity contribution in [1.29, 1.82) is 0 Å². The Morgan fingerprint density at radius 1 is 1.19 bits per heavy atom. The Labute approximate surface area is 118 Å². The zero-order chi connectivity index (χ0) is 16.3. The number of benzene rings is 1. The third-order valence-electron chi connectivity index (χ3n) is 2.35. The van der Waals surface area contributed by atoms with Crippen LogP contribution in [0.1, 0.15) is 13.8 Å². The average molecular weight is 311 g/mol. The van der Waals surface area contributed by atoms with Gasteiger partial charge in [0.05, 0.1) is 12.3 Å². The fraction of sp³-hybridized carbons (Fsp3) is 0.462. The van der Waals surface area contributed by atoms with Crippen molar-refractivity contribution in [1.82, 2.24) is 0 Å². The second kappa shape index (κ2) is 6.28. The van der Waals surface area contributed by atoms with Crippen LogP contribution in [0.2, 0.25) is 0 Å². The highest BCUT2D eigenvalue weighted by molar-refractivity contribution is 5.97. The van der Waals surface area contributed by atoms with E-state index in [1.165, 1.54) is 24.3 Å². The highest BCUT2D eigenvalue weighted by Crippen LogP contribution is 2.37. The predicted molar refractivity (Wildman–Crippen MR) is 66.4 cm³/mol. The molecule has 1 rings (SSSR count). The number of rotatable bonds is 5. The Bertz CT molecular complexity index is 500. The summed E-state index contributed by atoms with van der Waals surface area (Å²) in [6, 6.07) is 5.43. The summed E-state index contributed by atoms with van der Waals surface area (Å²) in [5, 5.41) is 1.55. The molecule has 1 amide bonds. The van der Waals surface area contributed by atoms with E-state index in [0.29, 0.717) is 0 Å². The molecule has 0 aliphatic carbocycles. The standard InChI is InChI=1S/C13H14F5NO2/c1-8(2)7-21-10-6-4-3-5-9(10)19-11(20)12(14,15)13(16,17)18/h3-6,8H,7H2,1-2H3,(H,19,20). The second-order valence-corrected chi connectivity index (χ2v) is 4.73. The molecule has 0 saturated carbocycles. The summed E-state index contributed by atoms with van der Waals surface area (Å²) in [5.41, 5.74) is -0.243. The summed E-state index contributed by atoms with van der Waals surface area (Å²) < 4.78 is 67.3. The minimum absolute atomic E-state index is 0.0255. The minimum atomic E-state index is -5.95. The molecule has 0 atom stereocenters. The van der Waals surface area contributed by atoms with Crippen LogP contribution < -0.4 is 10.1 Å². The van der Waals surface area contributed by atoms with Crippen molar-refractivity contribution >= 4 is 11.6 Å². The van der Waals surface area contributed by atoms with Gasteiger partial charge in [0.2, 0.25) is 0 Å². The number of para-hydroxylation sites is 2. The average Bonchev–Trinajstić information content (AvgIpc) is 2.36. The van der Waals surface area contributed by atoms with Crippen molar-refractivity contribution in [2.24, 2.45) is 5.92 Å². The first-order valence-electron chi connectivity index (χ1n) is 6.03. The maximum atomic E-state index is 12.9. The third kappa shape index (κ3) is 4.30. The first-order chi connectivity index (χ1) is 9.55. The van der Waals surface area contributed by atoms with Gasteiger partial charge in [-0.1, -0.05) is 26.0 Å². The van der Waals surface area contributed by atoms with Crippen LogP contribution in [0.4, 0.5) is 27.6 Å². The smallest absolute Gasteiger partial charge is 0.463 e. The number of nitrogens with one attached hydrogen (secondary N) is 1. The molecule has 0 unspecified atom stereocenters. The lowest BCUT2D eigenvalue weighted by Gasteiger charge is -2.20. The number of halogens is 5. The lowest BCUT2D eigenvalue weighted by atomic mass is 10.2. The molecule has 0 spiro atoms. The number of hydrogen-bond acceptors (Lipinski definition) is 2. The fourth-order valence-corrected chi connectivity index (χ4v) is 1.28. The SMILES string of the molecule is CC(C)COc1ccccc1NC(=O)C(F)(F)C(F)(F)F. The Hall–Kier alpha value is -1.86. The van der Waals surface area contributed by atoms with Crippen LogP contribution in [0, 0.1) is 5.92 Å². The zero-order valence-corrected chi connectivity index (χ0v) is 11.3. The number of carbonyl (C=O) groups excluding carboxylic acids is 1. The number of amides is 1. The van der Waals surface area contributed by atoms with Crippen LogP contribution in [0.15, 0.2) is 24.3 Å². The maximum Gasteiger partial charge on any atom is 0.463 e. The van der Waals surface area contributed by atoms with E-state index in [-0.39, 0.29) is 24.0 Å². The van der Waals surface area contributed by atoms with Crippen LogP contribution in [-0.2, 0) is 4.79 Å². The third-order valence-corrected chi connectivity index (χ3v) is 2.35. The Morgan fingerprint density at radius 2 is 1.76 bits per heavy atom. The molecular formula is C13H14F5NO2.